The molecule has 0 radical (unpaired) electrons. The van der Waals surface area contributed by atoms with Crippen molar-refractivity contribution in [1.29, 1.82) is 0 Å². The number of esters is 1. The molecule has 0 saturated heterocycles. The van der Waals surface area contributed by atoms with Crippen LogP contribution in [0.2, 0.25) is 0 Å². The van der Waals surface area contributed by atoms with Gasteiger partial charge in [-0.15, -0.1) is 0 Å². The van der Waals surface area contributed by atoms with Gasteiger partial charge >= 0.3 is 5.97 Å². The number of nitrogens with one attached hydrogen (secondary N) is 1. The van der Waals surface area contributed by atoms with E-state index in [4.69, 9.17) is 4.74 Å². The average molecular weight is 289 g/mol. The molecule has 0 amide bonds. The number of hydrogen-bond acceptors (Lipinski definition) is 3. The molecule has 1 N–H and O–H groups in total. The smallest absolute Gasteiger partial charge is 0.338 e. The van der Waals surface area contributed by atoms with Crippen LogP contribution in [0, 0.1) is 0 Å². The molecule has 0 atom stereocenters. The van der Waals surface area contributed by atoms with Gasteiger partial charge in [-0.05, 0) is 64.8 Å². The van der Waals surface area contributed by atoms with Crippen LogP contribution < -0.4 is 5.32 Å². The summed E-state index contributed by atoms with van der Waals surface area (Å²) >= 11 is 0. The largest absolute Gasteiger partial charge is 0.456 e. The van der Waals surface area contributed by atoms with Gasteiger partial charge in [0.2, 0.25) is 0 Å². The Morgan fingerprint density at radius 2 is 1.67 bits per heavy atom. The summed E-state index contributed by atoms with van der Waals surface area (Å²) in [6.07, 6.45) is 6.34. The van der Waals surface area contributed by atoms with Crippen molar-refractivity contribution >= 4 is 11.7 Å². The highest BCUT2D eigenvalue weighted by Gasteiger charge is 2.26. The molecule has 3 heteroatoms. The lowest BCUT2D eigenvalue weighted by Gasteiger charge is -2.35. The molecule has 1 aliphatic rings. The summed E-state index contributed by atoms with van der Waals surface area (Å²) in [5.74, 6) is -0.266. The molecule has 116 valence electrons. The second-order valence-electron chi connectivity index (χ2n) is 7.33. The number of carbonyl (C=O) groups excluding carboxylic acids is 1. The molecular formula is C18H27NO2. The zero-order valence-corrected chi connectivity index (χ0v) is 13.7. The van der Waals surface area contributed by atoms with Gasteiger partial charge in [-0.25, -0.2) is 4.79 Å². The van der Waals surface area contributed by atoms with Gasteiger partial charge in [-0.3, -0.25) is 0 Å². The Morgan fingerprint density at radius 1 is 1.10 bits per heavy atom. The maximum atomic E-state index is 12.0. The third-order valence-corrected chi connectivity index (χ3v) is 3.92. The van der Waals surface area contributed by atoms with Crippen LogP contribution in [-0.4, -0.2) is 17.1 Å². The summed E-state index contributed by atoms with van der Waals surface area (Å²) in [6, 6.07) is 7.61. The Bertz CT molecular complexity index is 479. The molecule has 21 heavy (non-hydrogen) atoms. The highest BCUT2D eigenvalue weighted by molar-refractivity contribution is 5.90. The Kier molecular flexibility index (Phi) is 4.60. The Balaban J connectivity index is 2.00. The first-order valence-corrected chi connectivity index (χ1v) is 7.89. The second kappa shape index (κ2) is 6.08. The summed E-state index contributed by atoms with van der Waals surface area (Å²) in [5.41, 5.74) is 1.41. The van der Waals surface area contributed by atoms with Crippen LogP contribution in [0.4, 0.5) is 5.69 Å². The number of benzene rings is 1. The van der Waals surface area contributed by atoms with Crippen LogP contribution in [0.1, 0.15) is 70.2 Å². The fraction of sp³-hybridized carbons (Fsp3) is 0.611. The Hall–Kier alpha value is -1.51. The van der Waals surface area contributed by atoms with Crippen LogP contribution in [0.5, 0.6) is 0 Å². The van der Waals surface area contributed by atoms with Gasteiger partial charge in [0.05, 0.1) is 5.56 Å². The van der Waals surface area contributed by atoms with E-state index in [2.05, 4.69) is 12.2 Å². The molecule has 0 bridgehead atoms. The fourth-order valence-corrected chi connectivity index (χ4v) is 2.83. The monoisotopic (exact) mass is 289 g/mol. The molecule has 0 unspecified atom stereocenters. The van der Waals surface area contributed by atoms with E-state index in [1.807, 2.05) is 45.0 Å². The highest BCUT2D eigenvalue weighted by atomic mass is 16.6. The van der Waals surface area contributed by atoms with Gasteiger partial charge in [0.25, 0.3) is 0 Å². The SMILES string of the molecule is CC1(Nc2ccc(C(=O)OC(C)(C)C)cc2)CCCCC1. The first-order chi connectivity index (χ1) is 9.77. The predicted molar refractivity (Wildman–Crippen MR) is 86.7 cm³/mol. The van der Waals surface area contributed by atoms with E-state index in [1.165, 1.54) is 32.1 Å². The highest BCUT2D eigenvalue weighted by Crippen LogP contribution is 2.31. The topological polar surface area (TPSA) is 38.3 Å². The van der Waals surface area contributed by atoms with E-state index in [0.29, 0.717) is 5.56 Å². The van der Waals surface area contributed by atoms with Gasteiger partial charge in [0.1, 0.15) is 5.60 Å². The third-order valence-electron chi connectivity index (χ3n) is 3.92. The van der Waals surface area contributed by atoms with E-state index in [9.17, 15) is 4.79 Å². The van der Waals surface area contributed by atoms with Crippen molar-refractivity contribution in [2.75, 3.05) is 5.32 Å². The van der Waals surface area contributed by atoms with Crippen molar-refractivity contribution in [3.8, 4) is 0 Å². The molecule has 1 fully saturated rings. The summed E-state index contributed by atoms with van der Waals surface area (Å²) in [7, 11) is 0. The van der Waals surface area contributed by atoms with Gasteiger partial charge in [0.15, 0.2) is 0 Å². The van der Waals surface area contributed by atoms with Gasteiger partial charge in [0, 0.05) is 11.2 Å². The third kappa shape index (κ3) is 4.76. The summed E-state index contributed by atoms with van der Waals surface area (Å²) in [5, 5.41) is 3.62. The fourth-order valence-electron chi connectivity index (χ4n) is 2.83. The van der Waals surface area contributed by atoms with Gasteiger partial charge in [-0.1, -0.05) is 19.3 Å². The van der Waals surface area contributed by atoms with E-state index in [-0.39, 0.29) is 11.5 Å². The minimum Gasteiger partial charge on any atom is -0.456 e. The quantitative estimate of drug-likeness (QED) is 0.814. The summed E-state index contributed by atoms with van der Waals surface area (Å²) < 4.78 is 5.37. The molecule has 0 heterocycles. The van der Waals surface area contributed by atoms with E-state index < -0.39 is 5.60 Å². The first-order valence-electron chi connectivity index (χ1n) is 7.89. The Labute approximate surface area is 128 Å². The number of anilines is 1. The van der Waals surface area contributed by atoms with Crippen LogP contribution in [-0.2, 0) is 4.74 Å². The molecule has 0 aromatic heterocycles. The minimum atomic E-state index is -0.455. The lowest BCUT2D eigenvalue weighted by atomic mass is 9.83. The van der Waals surface area contributed by atoms with E-state index in [1.54, 1.807) is 0 Å². The normalized spacial score (nSPS) is 18.1. The van der Waals surface area contributed by atoms with Crippen molar-refractivity contribution < 1.29 is 9.53 Å². The average Bonchev–Trinajstić information content (AvgIpc) is 2.38. The molecule has 1 aromatic rings. The van der Waals surface area contributed by atoms with Crippen molar-refractivity contribution in [2.24, 2.45) is 0 Å². The molecule has 0 spiro atoms. The minimum absolute atomic E-state index is 0.186. The second-order valence-corrected chi connectivity index (χ2v) is 7.33. The number of hydrogen-bond donors (Lipinski definition) is 1. The van der Waals surface area contributed by atoms with Crippen molar-refractivity contribution in [1.82, 2.24) is 0 Å². The number of rotatable bonds is 3. The number of carbonyl (C=O) groups is 1. The van der Waals surface area contributed by atoms with Crippen LogP contribution >= 0.6 is 0 Å². The van der Waals surface area contributed by atoms with Crippen molar-refractivity contribution in [3.05, 3.63) is 29.8 Å². The lowest BCUT2D eigenvalue weighted by Crippen LogP contribution is -2.36. The van der Waals surface area contributed by atoms with Crippen LogP contribution in [0.15, 0.2) is 24.3 Å². The molecule has 1 aromatic carbocycles. The summed E-state index contributed by atoms with van der Waals surface area (Å²) in [4.78, 5) is 12.0. The molecular weight excluding hydrogens is 262 g/mol. The zero-order chi connectivity index (χ0) is 15.5. The van der Waals surface area contributed by atoms with Crippen LogP contribution in [0.25, 0.3) is 0 Å². The van der Waals surface area contributed by atoms with Crippen LogP contribution in [0.3, 0.4) is 0 Å². The van der Waals surface area contributed by atoms with E-state index in [0.717, 1.165) is 5.69 Å². The van der Waals surface area contributed by atoms with Gasteiger partial charge in [-0.2, -0.15) is 0 Å². The van der Waals surface area contributed by atoms with E-state index >= 15 is 0 Å². The lowest BCUT2D eigenvalue weighted by molar-refractivity contribution is 0.00696. The molecule has 3 nitrogen and oxygen atoms in total. The maximum absolute atomic E-state index is 12.0. The molecule has 0 aliphatic heterocycles. The zero-order valence-electron chi connectivity index (χ0n) is 13.7. The first kappa shape index (κ1) is 15.9. The predicted octanol–water partition coefficient (Wildman–Crippen LogP) is 4.78. The van der Waals surface area contributed by atoms with Crippen molar-refractivity contribution in [2.45, 2.75) is 70.9 Å². The van der Waals surface area contributed by atoms with Gasteiger partial charge < -0.3 is 10.1 Å². The maximum Gasteiger partial charge on any atom is 0.338 e. The molecule has 1 aliphatic carbocycles. The molecule has 2 rings (SSSR count). The van der Waals surface area contributed by atoms with Crippen molar-refractivity contribution in [3.63, 3.8) is 0 Å². The summed E-state index contributed by atoms with van der Waals surface area (Å²) in [6.45, 7) is 7.92. The standard InChI is InChI=1S/C18H27NO2/c1-17(2,3)21-16(20)14-8-10-15(11-9-14)19-18(4)12-6-5-7-13-18/h8-11,19H,5-7,12-13H2,1-4H3. The molecule has 1 saturated carbocycles. The Morgan fingerprint density at radius 3 is 2.19 bits per heavy atom. The number of ether oxygens (including phenoxy) is 1.